The van der Waals surface area contributed by atoms with Gasteiger partial charge < -0.3 is 5.32 Å². The van der Waals surface area contributed by atoms with E-state index in [-0.39, 0.29) is 5.91 Å². The van der Waals surface area contributed by atoms with Gasteiger partial charge >= 0.3 is 0 Å². The molecule has 0 saturated heterocycles. The Bertz CT molecular complexity index is 548. The molecule has 0 bridgehead atoms. The molecule has 7 heteroatoms. The van der Waals surface area contributed by atoms with Crippen LogP contribution in [0.15, 0.2) is 21.9 Å². The third kappa shape index (κ3) is 4.02. The number of hydrogen-bond donors (Lipinski definition) is 1. The number of aromatic nitrogens is 2. The minimum Gasteiger partial charge on any atom is -0.300 e. The molecule has 0 radical (unpaired) electrons. The van der Waals surface area contributed by atoms with Gasteiger partial charge in [0, 0.05) is 10.6 Å². The summed E-state index contributed by atoms with van der Waals surface area (Å²) in [5, 5.41) is 13.5. The SMILES string of the molecule is O=C(Cc1cccs1)Nc1nnc(SCC2CC2)s1. The van der Waals surface area contributed by atoms with Crippen LogP contribution in [0.2, 0.25) is 0 Å². The molecule has 19 heavy (non-hydrogen) atoms. The first kappa shape index (κ1) is 13.1. The zero-order valence-corrected chi connectivity index (χ0v) is 12.6. The van der Waals surface area contributed by atoms with E-state index in [2.05, 4.69) is 15.5 Å². The highest BCUT2D eigenvalue weighted by molar-refractivity contribution is 8.01. The van der Waals surface area contributed by atoms with Crippen molar-refractivity contribution in [3.05, 3.63) is 22.4 Å². The van der Waals surface area contributed by atoms with E-state index in [0.29, 0.717) is 11.6 Å². The largest absolute Gasteiger partial charge is 0.300 e. The van der Waals surface area contributed by atoms with E-state index in [9.17, 15) is 4.79 Å². The van der Waals surface area contributed by atoms with Crippen LogP contribution in [0, 0.1) is 5.92 Å². The molecule has 0 aromatic carbocycles. The van der Waals surface area contributed by atoms with E-state index >= 15 is 0 Å². The van der Waals surface area contributed by atoms with Crippen molar-refractivity contribution < 1.29 is 4.79 Å². The fraction of sp³-hybridized carbons (Fsp3) is 0.417. The van der Waals surface area contributed by atoms with Crippen LogP contribution in [0.3, 0.4) is 0 Å². The monoisotopic (exact) mass is 311 g/mol. The Morgan fingerprint density at radius 2 is 2.37 bits per heavy atom. The van der Waals surface area contributed by atoms with Crippen LogP contribution in [-0.2, 0) is 11.2 Å². The molecule has 0 atom stereocenters. The van der Waals surface area contributed by atoms with Crippen molar-refractivity contribution in [2.24, 2.45) is 5.92 Å². The van der Waals surface area contributed by atoms with Crippen LogP contribution in [0.5, 0.6) is 0 Å². The molecule has 4 nitrogen and oxygen atoms in total. The number of amides is 1. The lowest BCUT2D eigenvalue weighted by molar-refractivity contribution is -0.115. The van der Waals surface area contributed by atoms with Gasteiger partial charge in [0.05, 0.1) is 6.42 Å². The van der Waals surface area contributed by atoms with Crippen molar-refractivity contribution in [1.82, 2.24) is 10.2 Å². The first-order valence-electron chi connectivity index (χ1n) is 6.08. The topological polar surface area (TPSA) is 54.9 Å². The van der Waals surface area contributed by atoms with Gasteiger partial charge in [0.1, 0.15) is 0 Å². The summed E-state index contributed by atoms with van der Waals surface area (Å²) < 4.78 is 0.943. The predicted molar refractivity (Wildman–Crippen MR) is 80.0 cm³/mol. The number of rotatable bonds is 6. The third-order valence-corrected chi connectivity index (χ3v) is 5.79. The minimum atomic E-state index is -0.0302. The molecule has 1 aliphatic rings. The Labute approximate surface area is 123 Å². The Balaban J connectivity index is 1.49. The first-order chi connectivity index (χ1) is 9.29. The highest BCUT2D eigenvalue weighted by atomic mass is 32.2. The molecule has 1 N–H and O–H groups in total. The molecule has 1 saturated carbocycles. The smallest absolute Gasteiger partial charge is 0.231 e. The van der Waals surface area contributed by atoms with Crippen LogP contribution in [0.4, 0.5) is 5.13 Å². The van der Waals surface area contributed by atoms with Crippen molar-refractivity contribution in [3.8, 4) is 0 Å². The van der Waals surface area contributed by atoms with Crippen molar-refractivity contribution in [3.63, 3.8) is 0 Å². The van der Waals surface area contributed by atoms with E-state index in [1.165, 1.54) is 24.2 Å². The summed E-state index contributed by atoms with van der Waals surface area (Å²) >= 11 is 4.78. The van der Waals surface area contributed by atoms with Gasteiger partial charge in [-0.25, -0.2) is 0 Å². The lowest BCUT2D eigenvalue weighted by Crippen LogP contribution is -2.13. The van der Waals surface area contributed by atoms with E-state index < -0.39 is 0 Å². The summed E-state index contributed by atoms with van der Waals surface area (Å²) in [5.41, 5.74) is 0. The van der Waals surface area contributed by atoms with Gasteiger partial charge in [-0.3, -0.25) is 4.79 Å². The third-order valence-electron chi connectivity index (χ3n) is 2.71. The van der Waals surface area contributed by atoms with E-state index in [4.69, 9.17) is 0 Å². The number of anilines is 1. The zero-order chi connectivity index (χ0) is 13.1. The zero-order valence-electron chi connectivity index (χ0n) is 10.2. The minimum absolute atomic E-state index is 0.0302. The Morgan fingerprint density at radius 3 is 3.11 bits per heavy atom. The van der Waals surface area contributed by atoms with Crippen LogP contribution in [0.25, 0.3) is 0 Å². The second kappa shape index (κ2) is 6.02. The van der Waals surface area contributed by atoms with Crippen molar-refractivity contribution in [2.75, 3.05) is 11.1 Å². The molecule has 0 spiro atoms. The van der Waals surface area contributed by atoms with Gasteiger partial charge in [-0.2, -0.15) is 0 Å². The molecule has 0 unspecified atom stereocenters. The Morgan fingerprint density at radius 1 is 1.47 bits per heavy atom. The van der Waals surface area contributed by atoms with Crippen LogP contribution in [0.1, 0.15) is 17.7 Å². The molecule has 2 aromatic heterocycles. The second-order valence-electron chi connectivity index (χ2n) is 4.43. The fourth-order valence-corrected chi connectivity index (χ4v) is 4.21. The molecule has 1 amide bonds. The Hall–Kier alpha value is -0.920. The average molecular weight is 311 g/mol. The summed E-state index contributed by atoms with van der Waals surface area (Å²) in [6.45, 7) is 0. The van der Waals surface area contributed by atoms with Crippen LogP contribution in [-0.4, -0.2) is 21.9 Å². The number of carbonyl (C=O) groups excluding carboxylic acids is 1. The van der Waals surface area contributed by atoms with Gasteiger partial charge in [-0.1, -0.05) is 29.2 Å². The number of thiophene rings is 1. The molecular formula is C12H13N3OS3. The number of carbonyl (C=O) groups is 1. The van der Waals surface area contributed by atoms with Gasteiger partial charge in [-0.15, -0.1) is 21.5 Å². The summed E-state index contributed by atoms with van der Waals surface area (Å²) in [5.74, 6) is 1.96. The van der Waals surface area contributed by atoms with Gasteiger partial charge in [-0.05, 0) is 30.2 Å². The maximum Gasteiger partial charge on any atom is 0.231 e. The van der Waals surface area contributed by atoms with E-state index in [0.717, 1.165) is 20.9 Å². The fourth-order valence-electron chi connectivity index (χ4n) is 1.53. The van der Waals surface area contributed by atoms with Crippen LogP contribution >= 0.6 is 34.4 Å². The predicted octanol–water partition coefficient (Wildman–Crippen LogP) is 3.28. The summed E-state index contributed by atoms with van der Waals surface area (Å²) in [6, 6.07) is 3.91. The average Bonchev–Trinajstić information content (AvgIpc) is 2.88. The summed E-state index contributed by atoms with van der Waals surface area (Å²) in [7, 11) is 0. The summed E-state index contributed by atoms with van der Waals surface area (Å²) in [4.78, 5) is 12.9. The quantitative estimate of drug-likeness (QED) is 0.657. The highest BCUT2D eigenvalue weighted by Gasteiger charge is 2.22. The molecule has 100 valence electrons. The van der Waals surface area contributed by atoms with Gasteiger partial charge in [0.25, 0.3) is 0 Å². The van der Waals surface area contributed by atoms with Gasteiger partial charge in [0.15, 0.2) is 4.34 Å². The number of nitrogens with zero attached hydrogens (tertiary/aromatic N) is 2. The molecule has 2 heterocycles. The molecule has 0 aliphatic heterocycles. The highest BCUT2D eigenvalue weighted by Crippen LogP contribution is 2.36. The second-order valence-corrected chi connectivity index (χ2v) is 7.71. The molecule has 1 fully saturated rings. The number of hydrogen-bond acceptors (Lipinski definition) is 6. The standard InChI is InChI=1S/C12H13N3OS3/c16-10(6-9-2-1-5-17-9)13-11-14-15-12(19-11)18-7-8-3-4-8/h1-2,5,8H,3-4,6-7H2,(H,13,14,16). The van der Waals surface area contributed by atoms with Crippen molar-refractivity contribution in [1.29, 1.82) is 0 Å². The lowest BCUT2D eigenvalue weighted by atomic mass is 10.3. The van der Waals surface area contributed by atoms with Crippen molar-refractivity contribution in [2.45, 2.75) is 23.6 Å². The van der Waals surface area contributed by atoms with E-state index in [1.807, 2.05) is 17.5 Å². The van der Waals surface area contributed by atoms with Crippen molar-refractivity contribution >= 4 is 45.5 Å². The first-order valence-corrected chi connectivity index (χ1v) is 8.76. The Kier molecular flexibility index (Phi) is 4.15. The molecular weight excluding hydrogens is 298 g/mol. The lowest BCUT2D eigenvalue weighted by Gasteiger charge is -1.98. The number of nitrogens with one attached hydrogen (secondary N) is 1. The molecule has 1 aliphatic carbocycles. The molecule has 2 aromatic rings. The van der Waals surface area contributed by atoms with Crippen LogP contribution < -0.4 is 5.32 Å². The maximum absolute atomic E-state index is 11.8. The summed E-state index contributed by atoms with van der Waals surface area (Å²) in [6.07, 6.45) is 3.09. The molecule has 3 rings (SSSR count). The number of thioether (sulfide) groups is 1. The normalized spacial score (nSPS) is 14.5. The maximum atomic E-state index is 11.8. The van der Waals surface area contributed by atoms with E-state index in [1.54, 1.807) is 23.1 Å². The van der Waals surface area contributed by atoms with Gasteiger partial charge in [0.2, 0.25) is 11.0 Å².